The van der Waals surface area contributed by atoms with Gasteiger partial charge in [-0.25, -0.2) is 8.78 Å². The maximum absolute atomic E-state index is 13.8. The van der Waals surface area contributed by atoms with Crippen LogP contribution in [-0.2, 0) is 11.3 Å². The summed E-state index contributed by atoms with van der Waals surface area (Å²) in [5.41, 5.74) is -0.307. The largest absolute Gasteiger partial charge is 0.359 e. The van der Waals surface area contributed by atoms with Gasteiger partial charge in [0.05, 0.1) is 23.5 Å². The molecule has 1 aliphatic heterocycles. The number of hydrogen-bond acceptors (Lipinski definition) is 4. The van der Waals surface area contributed by atoms with Gasteiger partial charge in [-0.2, -0.15) is 0 Å². The number of amides is 1. The first-order valence-corrected chi connectivity index (χ1v) is 5.75. The molecule has 2 aromatic rings. The van der Waals surface area contributed by atoms with Gasteiger partial charge in [-0.1, -0.05) is 5.16 Å². The smallest absolute Gasteiger partial charge is 0.300 e. The van der Waals surface area contributed by atoms with E-state index < -0.39 is 28.9 Å². The predicted octanol–water partition coefficient (Wildman–Crippen LogP) is 1.99. The zero-order valence-corrected chi connectivity index (χ0v) is 10.3. The highest BCUT2D eigenvalue weighted by Gasteiger charge is 2.40. The van der Waals surface area contributed by atoms with Crippen molar-refractivity contribution in [2.24, 2.45) is 0 Å². The normalized spacial score (nSPS) is 14.1. The number of benzene rings is 1. The third-order valence-electron chi connectivity index (χ3n) is 3.00. The molecule has 0 radical (unpaired) electrons. The Balaban J connectivity index is 2.08. The van der Waals surface area contributed by atoms with Gasteiger partial charge in [-0.3, -0.25) is 14.5 Å². The van der Waals surface area contributed by atoms with E-state index in [0.29, 0.717) is 5.69 Å². The van der Waals surface area contributed by atoms with Crippen molar-refractivity contribution in [1.82, 2.24) is 5.16 Å². The van der Waals surface area contributed by atoms with Crippen molar-refractivity contribution in [1.29, 1.82) is 0 Å². The number of anilines is 1. The van der Waals surface area contributed by atoms with Gasteiger partial charge < -0.3 is 4.52 Å². The van der Waals surface area contributed by atoms with E-state index in [1.807, 2.05) is 0 Å². The van der Waals surface area contributed by atoms with Crippen LogP contribution < -0.4 is 4.90 Å². The van der Waals surface area contributed by atoms with Crippen LogP contribution in [0.3, 0.4) is 0 Å². The summed E-state index contributed by atoms with van der Waals surface area (Å²) in [6.07, 6.45) is 0. The summed E-state index contributed by atoms with van der Waals surface area (Å²) < 4.78 is 32.3. The molecule has 0 bridgehead atoms. The van der Waals surface area contributed by atoms with Gasteiger partial charge >= 0.3 is 0 Å². The lowest BCUT2D eigenvalue weighted by Gasteiger charge is -2.14. The van der Waals surface area contributed by atoms with Crippen molar-refractivity contribution >= 4 is 17.4 Å². The lowest BCUT2D eigenvalue weighted by molar-refractivity contribution is -0.114. The number of hydrogen-bond donors (Lipinski definition) is 0. The third-order valence-corrected chi connectivity index (χ3v) is 3.00. The molecule has 1 amide bonds. The Morgan fingerprint density at radius 1 is 1.25 bits per heavy atom. The van der Waals surface area contributed by atoms with Crippen LogP contribution in [0.5, 0.6) is 0 Å². The molecule has 1 aromatic heterocycles. The number of aromatic nitrogens is 1. The van der Waals surface area contributed by atoms with Crippen LogP contribution in [0.1, 0.15) is 21.8 Å². The van der Waals surface area contributed by atoms with E-state index in [4.69, 9.17) is 4.52 Å². The van der Waals surface area contributed by atoms with Gasteiger partial charge in [-0.15, -0.1) is 0 Å². The number of halogens is 2. The molecule has 3 rings (SSSR count). The van der Waals surface area contributed by atoms with Crippen LogP contribution in [0.25, 0.3) is 0 Å². The number of carbonyl (C=O) groups is 2. The zero-order valence-electron chi connectivity index (χ0n) is 10.3. The van der Waals surface area contributed by atoms with E-state index >= 15 is 0 Å². The maximum Gasteiger partial charge on any atom is 0.300 e. The van der Waals surface area contributed by atoms with Gasteiger partial charge in [0, 0.05) is 6.07 Å². The average molecular weight is 278 g/mol. The molecule has 0 saturated carbocycles. The molecule has 0 saturated heterocycles. The fraction of sp³-hybridized carbons (Fsp3) is 0.154. The quantitative estimate of drug-likeness (QED) is 0.788. The van der Waals surface area contributed by atoms with E-state index in [1.165, 1.54) is 0 Å². The Labute approximate surface area is 111 Å². The fourth-order valence-corrected chi connectivity index (χ4v) is 2.15. The van der Waals surface area contributed by atoms with E-state index in [9.17, 15) is 18.4 Å². The number of Topliss-reactive ketones (excluding diaryl/α,β-unsaturated/α-hetero) is 1. The molecule has 5 nitrogen and oxygen atoms in total. The average Bonchev–Trinajstić information content (AvgIpc) is 2.92. The Hall–Kier alpha value is -2.57. The van der Waals surface area contributed by atoms with Crippen molar-refractivity contribution in [3.63, 3.8) is 0 Å². The summed E-state index contributed by atoms with van der Waals surface area (Å²) in [4.78, 5) is 24.4. The molecule has 0 N–H and O–H groups in total. The lowest BCUT2D eigenvalue weighted by atomic mass is 10.1. The molecular weight excluding hydrogens is 270 g/mol. The Morgan fingerprint density at radius 3 is 2.60 bits per heavy atom. The van der Waals surface area contributed by atoms with Crippen LogP contribution in [0.4, 0.5) is 14.5 Å². The molecule has 0 aliphatic carbocycles. The fourth-order valence-electron chi connectivity index (χ4n) is 2.15. The summed E-state index contributed by atoms with van der Waals surface area (Å²) in [7, 11) is 0. The van der Waals surface area contributed by atoms with Crippen molar-refractivity contribution in [2.75, 3.05) is 4.90 Å². The van der Waals surface area contributed by atoms with E-state index in [2.05, 4.69) is 5.16 Å². The molecule has 0 fully saturated rings. The van der Waals surface area contributed by atoms with Crippen molar-refractivity contribution < 1.29 is 22.9 Å². The lowest BCUT2D eigenvalue weighted by Crippen LogP contribution is -2.29. The third kappa shape index (κ3) is 1.70. The summed E-state index contributed by atoms with van der Waals surface area (Å²) >= 11 is 0. The highest BCUT2D eigenvalue weighted by molar-refractivity contribution is 6.52. The van der Waals surface area contributed by atoms with E-state index in [-0.39, 0.29) is 18.0 Å². The second-order valence-electron chi connectivity index (χ2n) is 4.41. The molecule has 2 heterocycles. The first-order chi connectivity index (χ1) is 9.49. The number of carbonyl (C=O) groups excluding carboxylic acids is 2. The van der Waals surface area contributed by atoms with E-state index in [1.54, 1.807) is 13.0 Å². The number of aryl methyl sites for hydroxylation is 1. The van der Waals surface area contributed by atoms with Gasteiger partial charge in [0.25, 0.3) is 11.7 Å². The SMILES string of the molecule is Cc1cc(CN2C(=O)C(=O)c3c(F)ccc(F)c32)on1. The number of ketones is 1. The topological polar surface area (TPSA) is 63.4 Å². The van der Waals surface area contributed by atoms with Gasteiger partial charge in [-0.05, 0) is 19.1 Å². The molecule has 1 aromatic carbocycles. The second kappa shape index (κ2) is 4.22. The zero-order chi connectivity index (χ0) is 14.4. The molecule has 0 atom stereocenters. The monoisotopic (exact) mass is 278 g/mol. The molecule has 0 spiro atoms. The highest BCUT2D eigenvalue weighted by atomic mass is 19.1. The summed E-state index contributed by atoms with van der Waals surface area (Å²) in [6, 6.07) is 3.24. The standard InChI is InChI=1S/C13H8F2N2O3/c1-6-4-7(20-16-6)5-17-11-9(15)3-2-8(14)10(11)12(18)13(17)19/h2-4H,5H2,1H3. The summed E-state index contributed by atoms with van der Waals surface area (Å²) in [6.45, 7) is 1.50. The minimum absolute atomic E-state index is 0.182. The van der Waals surface area contributed by atoms with Crippen molar-refractivity contribution in [3.8, 4) is 0 Å². The molecule has 20 heavy (non-hydrogen) atoms. The number of rotatable bonds is 2. The Kier molecular flexibility index (Phi) is 2.63. The van der Waals surface area contributed by atoms with E-state index in [0.717, 1.165) is 17.0 Å². The number of fused-ring (bicyclic) bond motifs is 1. The van der Waals surface area contributed by atoms with Crippen LogP contribution in [0.2, 0.25) is 0 Å². The molecule has 7 heteroatoms. The van der Waals surface area contributed by atoms with Crippen molar-refractivity contribution in [2.45, 2.75) is 13.5 Å². The predicted molar refractivity (Wildman–Crippen MR) is 63.1 cm³/mol. The summed E-state index contributed by atoms with van der Waals surface area (Å²) in [5, 5.41) is 3.63. The Bertz CT molecular complexity index is 739. The van der Waals surface area contributed by atoms with Crippen LogP contribution in [0, 0.1) is 18.6 Å². The van der Waals surface area contributed by atoms with Crippen molar-refractivity contribution in [3.05, 3.63) is 46.9 Å². The molecular formula is C13H8F2N2O3. The minimum atomic E-state index is -1.06. The molecule has 0 unspecified atom stereocenters. The molecule has 102 valence electrons. The minimum Gasteiger partial charge on any atom is -0.359 e. The van der Waals surface area contributed by atoms with Crippen LogP contribution >= 0.6 is 0 Å². The first kappa shape index (κ1) is 12.5. The number of nitrogens with zero attached hydrogens (tertiary/aromatic N) is 2. The molecule has 1 aliphatic rings. The maximum atomic E-state index is 13.8. The highest BCUT2D eigenvalue weighted by Crippen LogP contribution is 2.34. The van der Waals surface area contributed by atoms with Crippen LogP contribution in [0.15, 0.2) is 22.7 Å². The first-order valence-electron chi connectivity index (χ1n) is 5.75. The summed E-state index contributed by atoms with van der Waals surface area (Å²) in [5.74, 6) is -3.53. The van der Waals surface area contributed by atoms with Gasteiger partial charge in [0.2, 0.25) is 0 Å². The van der Waals surface area contributed by atoms with Gasteiger partial charge in [0.1, 0.15) is 11.6 Å². The second-order valence-corrected chi connectivity index (χ2v) is 4.41. The van der Waals surface area contributed by atoms with Gasteiger partial charge in [0.15, 0.2) is 5.76 Å². The Morgan fingerprint density at radius 2 is 1.95 bits per heavy atom. The van der Waals surface area contributed by atoms with Crippen LogP contribution in [-0.4, -0.2) is 16.8 Å².